The van der Waals surface area contributed by atoms with Gasteiger partial charge in [0.25, 0.3) is 0 Å². The number of aryl methyl sites for hydroxylation is 1. The lowest BCUT2D eigenvalue weighted by molar-refractivity contribution is 0.369. The first kappa shape index (κ1) is 12.2. The Morgan fingerprint density at radius 1 is 1.53 bits per heavy atom. The topological polar surface area (TPSA) is 45.9 Å². The van der Waals surface area contributed by atoms with Gasteiger partial charge in [-0.25, -0.2) is 4.98 Å². The van der Waals surface area contributed by atoms with Crippen LogP contribution in [0.15, 0.2) is 22.7 Å². The maximum absolute atomic E-state index is 8.56. The molecule has 0 atom stereocenters. The predicted octanol–water partition coefficient (Wildman–Crippen LogP) is 3.86. The summed E-state index contributed by atoms with van der Waals surface area (Å²) in [5.41, 5.74) is 1.54. The molecule has 0 fully saturated rings. The van der Waals surface area contributed by atoms with E-state index < -0.39 is 0 Å². The summed E-state index contributed by atoms with van der Waals surface area (Å²) in [6.07, 6.45) is 0. The summed E-state index contributed by atoms with van der Waals surface area (Å²) in [5, 5.41) is 9.98. The number of hydrogen-bond donors (Lipinski definition) is 0. The van der Waals surface area contributed by atoms with Gasteiger partial charge in [0.05, 0.1) is 9.50 Å². The van der Waals surface area contributed by atoms with Gasteiger partial charge in [-0.15, -0.1) is 0 Å². The van der Waals surface area contributed by atoms with Crippen molar-refractivity contribution in [2.24, 2.45) is 0 Å². The lowest BCUT2D eigenvalue weighted by atomic mass is 10.2. The summed E-state index contributed by atoms with van der Waals surface area (Å²) in [4.78, 5) is 4.40. The molecule has 2 rings (SSSR count). The molecular formula is C12H8BrClN2O. The number of rotatable bonds is 2. The number of pyridine rings is 1. The summed E-state index contributed by atoms with van der Waals surface area (Å²) in [6, 6.07) is 7.46. The van der Waals surface area contributed by atoms with Gasteiger partial charge in [-0.2, -0.15) is 5.26 Å². The Kier molecular flexibility index (Phi) is 3.51. The van der Waals surface area contributed by atoms with Gasteiger partial charge < -0.3 is 4.74 Å². The third-order valence-corrected chi connectivity index (χ3v) is 3.16. The van der Waals surface area contributed by atoms with E-state index in [1.54, 1.807) is 6.07 Å². The summed E-state index contributed by atoms with van der Waals surface area (Å²) in [7, 11) is 0. The molecule has 0 N–H and O–H groups in total. The van der Waals surface area contributed by atoms with Crippen LogP contribution in [0.3, 0.4) is 0 Å². The normalized spacial score (nSPS) is 10.2. The summed E-state index contributed by atoms with van der Waals surface area (Å²) in [5.74, 6) is 0.551. The Balaban J connectivity index is 2.72. The minimum Gasteiger partial charge on any atom is -0.475 e. The highest BCUT2D eigenvalue weighted by Crippen LogP contribution is 2.37. The Bertz CT molecular complexity index is 622. The van der Waals surface area contributed by atoms with Crippen molar-refractivity contribution < 1.29 is 4.74 Å². The molecule has 0 spiro atoms. The molecule has 17 heavy (non-hydrogen) atoms. The largest absolute Gasteiger partial charge is 0.475 e. The van der Waals surface area contributed by atoms with Gasteiger partial charge in [0.15, 0.2) is 12.4 Å². The van der Waals surface area contributed by atoms with Crippen LogP contribution in [-0.4, -0.2) is 11.6 Å². The van der Waals surface area contributed by atoms with Crippen molar-refractivity contribution in [2.75, 3.05) is 6.61 Å². The minimum atomic E-state index is -0.0229. The number of hydrogen-bond acceptors (Lipinski definition) is 3. The molecule has 0 aliphatic carbocycles. The fraction of sp³-hybridized carbons (Fsp3) is 0.167. The van der Waals surface area contributed by atoms with E-state index in [4.69, 9.17) is 21.6 Å². The molecule has 1 heterocycles. The van der Waals surface area contributed by atoms with Crippen molar-refractivity contribution in [1.82, 2.24) is 4.98 Å². The third-order valence-electron chi connectivity index (χ3n) is 2.26. The van der Waals surface area contributed by atoms with E-state index in [1.165, 1.54) is 0 Å². The van der Waals surface area contributed by atoms with Gasteiger partial charge in [0.2, 0.25) is 0 Å². The fourth-order valence-electron chi connectivity index (χ4n) is 1.53. The molecular weight excluding hydrogens is 304 g/mol. The fourth-order valence-corrected chi connectivity index (χ4v) is 2.46. The van der Waals surface area contributed by atoms with Crippen LogP contribution in [-0.2, 0) is 0 Å². The molecule has 0 bridgehead atoms. The number of nitrogens with zero attached hydrogens (tertiary/aromatic N) is 2. The molecule has 0 aliphatic rings. The molecule has 0 amide bonds. The second-order valence-electron chi connectivity index (χ2n) is 3.46. The Morgan fingerprint density at radius 2 is 2.29 bits per heavy atom. The molecule has 0 radical (unpaired) electrons. The molecule has 3 nitrogen and oxygen atoms in total. The van der Waals surface area contributed by atoms with Crippen molar-refractivity contribution in [1.29, 1.82) is 5.26 Å². The van der Waals surface area contributed by atoms with E-state index >= 15 is 0 Å². The zero-order valence-electron chi connectivity index (χ0n) is 9.00. The maximum atomic E-state index is 8.56. The van der Waals surface area contributed by atoms with Crippen molar-refractivity contribution in [3.63, 3.8) is 0 Å². The van der Waals surface area contributed by atoms with Gasteiger partial charge in [-0.05, 0) is 41.1 Å². The zero-order valence-corrected chi connectivity index (χ0v) is 11.3. The first-order valence-electron chi connectivity index (χ1n) is 4.88. The number of nitriles is 1. The average molecular weight is 312 g/mol. The van der Waals surface area contributed by atoms with Crippen molar-refractivity contribution in [2.45, 2.75) is 6.92 Å². The molecule has 1 aromatic carbocycles. The number of fused-ring (bicyclic) bond motifs is 1. The molecule has 5 heteroatoms. The van der Waals surface area contributed by atoms with Gasteiger partial charge >= 0.3 is 0 Å². The lowest BCUT2D eigenvalue weighted by Gasteiger charge is -2.10. The second-order valence-corrected chi connectivity index (χ2v) is 4.73. The number of aromatic nitrogens is 1. The van der Waals surface area contributed by atoms with E-state index in [1.807, 2.05) is 25.1 Å². The average Bonchev–Trinajstić information content (AvgIpc) is 2.28. The van der Waals surface area contributed by atoms with Crippen molar-refractivity contribution >= 4 is 38.4 Å². The van der Waals surface area contributed by atoms with E-state index in [9.17, 15) is 0 Å². The highest BCUT2D eigenvalue weighted by atomic mass is 79.9. The van der Waals surface area contributed by atoms with Crippen LogP contribution in [0.1, 0.15) is 5.69 Å². The maximum Gasteiger partial charge on any atom is 0.174 e. The van der Waals surface area contributed by atoms with E-state index in [0.29, 0.717) is 20.8 Å². The van der Waals surface area contributed by atoms with Crippen LogP contribution >= 0.6 is 27.5 Å². The molecule has 0 aliphatic heterocycles. The Morgan fingerprint density at radius 3 is 3.00 bits per heavy atom. The van der Waals surface area contributed by atoms with Gasteiger partial charge in [-0.3, -0.25) is 0 Å². The predicted molar refractivity (Wildman–Crippen MR) is 70.3 cm³/mol. The molecule has 0 saturated carbocycles. The van der Waals surface area contributed by atoms with Crippen LogP contribution in [0.4, 0.5) is 0 Å². The van der Waals surface area contributed by atoms with Gasteiger partial charge in [0.1, 0.15) is 11.6 Å². The summed E-state index contributed by atoms with van der Waals surface area (Å²) < 4.78 is 6.08. The van der Waals surface area contributed by atoms with Crippen LogP contribution in [0.5, 0.6) is 5.75 Å². The molecule has 1 aromatic heterocycles. The first-order chi connectivity index (χ1) is 8.13. The zero-order chi connectivity index (χ0) is 12.4. The number of benzene rings is 1. The van der Waals surface area contributed by atoms with Crippen molar-refractivity contribution in [3.05, 3.63) is 33.4 Å². The third kappa shape index (κ3) is 2.36. The number of ether oxygens (including phenoxy) is 1. The molecule has 86 valence electrons. The van der Waals surface area contributed by atoms with Crippen LogP contribution in [0, 0.1) is 18.3 Å². The molecule has 2 aromatic rings. The standard InChI is InChI=1S/C12H8BrClN2O/c1-7-2-3-8-10(14)6-9(13)12(11(8)16-7)17-5-4-15/h2-3,6H,5H2,1H3. The van der Waals surface area contributed by atoms with Crippen LogP contribution < -0.4 is 4.74 Å². The summed E-state index contributed by atoms with van der Waals surface area (Å²) in [6.45, 7) is 1.87. The minimum absolute atomic E-state index is 0.0229. The monoisotopic (exact) mass is 310 g/mol. The van der Waals surface area contributed by atoms with E-state index in [0.717, 1.165) is 11.1 Å². The first-order valence-corrected chi connectivity index (χ1v) is 6.05. The van der Waals surface area contributed by atoms with Crippen LogP contribution in [0.2, 0.25) is 5.02 Å². The van der Waals surface area contributed by atoms with Crippen LogP contribution in [0.25, 0.3) is 10.9 Å². The Labute approximate surface area is 112 Å². The smallest absolute Gasteiger partial charge is 0.174 e. The summed E-state index contributed by atoms with van der Waals surface area (Å²) >= 11 is 9.49. The van der Waals surface area contributed by atoms with Gasteiger partial charge in [-0.1, -0.05) is 11.6 Å². The van der Waals surface area contributed by atoms with Crippen molar-refractivity contribution in [3.8, 4) is 11.8 Å². The molecule has 0 saturated heterocycles. The SMILES string of the molecule is Cc1ccc2c(Cl)cc(Br)c(OCC#N)c2n1. The highest BCUT2D eigenvalue weighted by molar-refractivity contribution is 9.10. The highest BCUT2D eigenvalue weighted by Gasteiger charge is 2.12. The molecule has 0 unspecified atom stereocenters. The lowest BCUT2D eigenvalue weighted by Crippen LogP contribution is -1.97. The second kappa shape index (κ2) is 4.91. The van der Waals surface area contributed by atoms with Gasteiger partial charge in [0, 0.05) is 11.1 Å². The van der Waals surface area contributed by atoms with E-state index in [2.05, 4.69) is 20.9 Å². The van der Waals surface area contributed by atoms with E-state index in [-0.39, 0.29) is 6.61 Å². The Hall–Kier alpha value is -1.31. The quantitative estimate of drug-likeness (QED) is 0.846. The number of halogens is 2.